The summed E-state index contributed by atoms with van der Waals surface area (Å²) in [5.41, 5.74) is 7.79. The molecular formula is C44H52Al2N2O2. The standard InChI is InChI=1S/2C8H11N.4C7H7.2Al.H2O.O/c2*1-9(2)8-6-4-3-5-7-8;4*1-7-5-3-2-4-6-7;;;;/h2*3-7H,1-2H3;4*3-6H,1H3;;;1H2;/q;;;;;;-1;+1;;. The zero-order valence-corrected chi connectivity index (χ0v) is 33.3. The third kappa shape index (κ3) is 11.4. The van der Waals surface area contributed by atoms with Gasteiger partial charge in [-0.15, -0.1) is 48.5 Å². The van der Waals surface area contributed by atoms with E-state index in [0.29, 0.717) is 0 Å². The van der Waals surface area contributed by atoms with Gasteiger partial charge in [0.05, 0.1) is 14.1 Å². The average Bonchev–Trinajstić information content (AvgIpc) is 3.13. The first-order valence-electron chi connectivity index (χ1n) is 17.1. The van der Waals surface area contributed by atoms with Crippen LogP contribution in [0.2, 0.25) is 0 Å². The number of hydrogen-bond acceptors (Lipinski definition) is 2. The van der Waals surface area contributed by atoms with Crippen LogP contribution in [0.5, 0.6) is 0 Å². The number of hydrogen-bond donors (Lipinski definition) is 2. The number of nitrogens with one attached hydrogen (secondary N) is 1. The molecule has 0 aliphatic carbocycles. The summed E-state index contributed by atoms with van der Waals surface area (Å²) in [6.07, 6.45) is 0. The molecule has 256 valence electrons. The van der Waals surface area contributed by atoms with E-state index in [1.165, 1.54) is 56.2 Å². The monoisotopic (exact) mass is 694 g/mol. The molecule has 0 unspecified atom stereocenters. The Morgan fingerprint density at radius 1 is 0.480 bits per heavy atom. The Kier molecular flexibility index (Phi) is 16.4. The first kappa shape index (κ1) is 40.2. The second-order valence-corrected chi connectivity index (χ2v) is 17.8. The topological polar surface area (TPSA) is 45.0 Å². The van der Waals surface area contributed by atoms with Crippen molar-refractivity contribution in [1.29, 1.82) is 0 Å². The molecule has 6 rings (SSSR count). The van der Waals surface area contributed by atoms with Crippen molar-refractivity contribution in [2.75, 3.05) is 33.1 Å². The minimum absolute atomic E-state index is 1.25. The summed E-state index contributed by atoms with van der Waals surface area (Å²) >= 11 is -4.30. The molecule has 6 heteroatoms. The zero-order chi connectivity index (χ0) is 36.5. The Morgan fingerprint density at radius 3 is 0.940 bits per heavy atom. The van der Waals surface area contributed by atoms with Gasteiger partial charge in [-0.25, -0.2) is 17.7 Å². The van der Waals surface area contributed by atoms with E-state index in [9.17, 15) is 0 Å². The number of quaternary nitrogens is 1. The fourth-order valence-corrected chi connectivity index (χ4v) is 11.5. The molecule has 50 heavy (non-hydrogen) atoms. The molecule has 0 bridgehead atoms. The summed E-state index contributed by atoms with van der Waals surface area (Å²) in [5, 5.41) is 0. The second-order valence-electron chi connectivity index (χ2n) is 13.2. The van der Waals surface area contributed by atoms with Crippen molar-refractivity contribution >= 4 is 57.6 Å². The third-order valence-electron chi connectivity index (χ3n) is 8.93. The summed E-state index contributed by atoms with van der Waals surface area (Å²) in [5.74, 6) is 0. The van der Waals surface area contributed by atoms with Crippen molar-refractivity contribution in [1.82, 2.24) is 0 Å². The van der Waals surface area contributed by atoms with E-state index in [0.717, 1.165) is 0 Å². The first-order chi connectivity index (χ1) is 24.0. The average molecular weight is 695 g/mol. The van der Waals surface area contributed by atoms with Crippen LogP contribution in [0.1, 0.15) is 22.3 Å². The number of benzene rings is 6. The Labute approximate surface area is 309 Å². The zero-order valence-electron chi connectivity index (χ0n) is 31.0. The molecule has 0 saturated heterocycles. The first-order valence-corrected chi connectivity index (χ1v) is 20.4. The van der Waals surface area contributed by atoms with E-state index >= 15 is 0 Å². The molecular weight excluding hydrogens is 642 g/mol. The molecule has 0 aliphatic rings. The SMILES string of the molecule is CN(C)c1ccccc1.C[NH+](C)c1ccccc1.Cc1cc[c]([Al-]([c]2ccc(C)cc2)([c]2ccc(C)cc2)[c]2ccc(C)cc2)cc1.[O]=[Al][OH]. The molecule has 0 saturated carbocycles. The molecule has 0 spiro atoms. The quantitative estimate of drug-likeness (QED) is 0.228. The van der Waals surface area contributed by atoms with Gasteiger partial charge in [0.25, 0.3) is 13.1 Å². The molecule has 0 radical (unpaired) electrons. The number of rotatable bonds is 6. The Balaban J connectivity index is 0.000000261. The Hall–Kier alpha value is -4.26. The molecule has 6 aromatic carbocycles. The van der Waals surface area contributed by atoms with Crippen molar-refractivity contribution in [3.63, 3.8) is 0 Å². The van der Waals surface area contributed by atoms with Crippen LogP contribution >= 0.6 is 0 Å². The molecule has 2 N–H and O–H groups in total. The molecule has 0 fully saturated rings. The minimum atomic E-state index is -2.80. The predicted octanol–water partition coefficient (Wildman–Crippen LogP) is 5.46. The van der Waals surface area contributed by atoms with Gasteiger partial charge in [-0.3, -0.25) is 0 Å². The van der Waals surface area contributed by atoms with E-state index in [2.05, 4.69) is 180 Å². The molecule has 0 aromatic heterocycles. The summed E-state index contributed by atoms with van der Waals surface area (Å²) < 4.78 is 21.5. The van der Waals surface area contributed by atoms with Crippen molar-refractivity contribution in [2.45, 2.75) is 27.7 Å². The van der Waals surface area contributed by atoms with E-state index in [-0.39, 0.29) is 0 Å². The van der Waals surface area contributed by atoms with Gasteiger partial charge in [-0.2, -0.15) is 0 Å². The van der Waals surface area contributed by atoms with Crippen LogP contribution in [-0.2, 0) is 3.80 Å². The normalized spacial score (nSPS) is 10.3. The van der Waals surface area contributed by atoms with Gasteiger partial charge in [0.15, 0.2) is 0 Å². The predicted molar refractivity (Wildman–Crippen MR) is 217 cm³/mol. The van der Waals surface area contributed by atoms with Crippen LogP contribution in [-0.4, -0.2) is 60.9 Å². The van der Waals surface area contributed by atoms with Gasteiger partial charge in [-0.1, -0.05) is 107 Å². The molecule has 4 nitrogen and oxygen atoms in total. The fourth-order valence-electron chi connectivity index (χ4n) is 6.07. The van der Waals surface area contributed by atoms with Crippen LogP contribution in [0, 0.1) is 27.7 Å². The molecule has 0 aliphatic heterocycles. The molecule has 6 aromatic rings. The van der Waals surface area contributed by atoms with Crippen molar-refractivity contribution in [2.24, 2.45) is 0 Å². The molecule has 0 atom stereocenters. The van der Waals surface area contributed by atoms with Crippen molar-refractivity contribution in [3.05, 3.63) is 180 Å². The summed E-state index contributed by atoms with van der Waals surface area (Å²) in [4.78, 5) is 3.45. The number of nitrogens with zero attached hydrogens (tertiary/aromatic N) is 1. The van der Waals surface area contributed by atoms with Crippen molar-refractivity contribution in [3.8, 4) is 0 Å². The van der Waals surface area contributed by atoms with E-state index in [1.807, 2.05) is 38.4 Å². The van der Waals surface area contributed by atoms with Gasteiger partial charge in [0, 0.05) is 19.8 Å². The Morgan fingerprint density at radius 2 is 0.740 bits per heavy atom. The second kappa shape index (κ2) is 20.4. The van der Waals surface area contributed by atoms with Crippen molar-refractivity contribution < 1.29 is 12.9 Å². The van der Waals surface area contributed by atoms with Crippen LogP contribution in [0.4, 0.5) is 11.4 Å². The number of aryl methyl sites for hydroxylation is 4. The molecule has 0 amide bonds. The maximum atomic E-state index is 8.57. The van der Waals surface area contributed by atoms with E-state index < -0.39 is 28.6 Å². The van der Waals surface area contributed by atoms with Gasteiger partial charge in [-0.05, 0) is 52.0 Å². The van der Waals surface area contributed by atoms with Gasteiger partial charge >= 0.3 is 23.4 Å². The summed E-state index contributed by atoms with van der Waals surface area (Å²) in [7, 11) is 8.31. The van der Waals surface area contributed by atoms with Crippen LogP contribution in [0.25, 0.3) is 0 Å². The van der Waals surface area contributed by atoms with E-state index in [1.54, 1.807) is 0 Å². The summed E-state index contributed by atoms with van der Waals surface area (Å²) in [6.45, 7) is 8.67. The van der Waals surface area contributed by atoms with Crippen LogP contribution in [0.15, 0.2) is 158 Å². The Bertz CT molecular complexity index is 1590. The van der Waals surface area contributed by atoms with Crippen LogP contribution < -0.4 is 27.5 Å². The maximum absolute atomic E-state index is 8.57. The fraction of sp³-hybridized carbons (Fsp3) is 0.182. The molecule has 0 heterocycles. The van der Waals surface area contributed by atoms with E-state index in [4.69, 9.17) is 7.96 Å². The summed E-state index contributed by atoms with van der Waals surface area (Å²) in [6, 6.07) is 57.7. The van der Waals surface area contributed by atoms with Gasteiger partial charge in [0.1, 0.15) is 5.69 Å². The van der Waals surface area contributed by atoms with Crippen LogP contribution in [0.3, 0.4) is 0 Å². The van der Waals surface area contributed by atoms with Gasteiger partial charge in [0.2, 0.25) is 0 Å². The third-order valence-corrected chi connectivity index (χ3v) is 14.5. The number of para-hydroxylation sites is 2. The number of anilines is 1. The van der Waals surface area contributed by atoms with Gasteiger partial charge < -0.3 is 9.80 Å².